The number of aliphatic hydroxyl groups excluding tert-OH is 1. The molecule has 1 fully saturated rings. The van der Waals surface area contributed by atoms with Crippen molar-refractivity contribution in [1.29, 1.82) is 0 Å². The molecule has 0 radical (unpaired) electrons. The fraction of sp³-hybridized carbons (Fsp3) is 0.560. The predicted octanol–water partition coefficient (Wildman–Crippen LogP) is 1.35. The standard InChI is InChI=1S/C25H33N5O5/c1-5-35-25(34)20-15(4)10-11-16-21(20)24(33)30(19(12-31)14(2)3)22(16)23(32)26-13-29-18-9-7-6-8-17(18)27-28-29/h6-11,14-16,19-22,31H,5,12-13H2,1-4H3,(H,26,32)/t15-,16+,19+,20-,21+,22+/m1/s1. The fourth-order valence-electron chi connectivity index (χ4n) is 5.41. The average Bonchev–Trinajstić information content (AvgIpc) is 3.37. The molecule has 1 aliphatic carbocycles. The third kappa shape index (κ3) is 4.42. The number of carbonyl (C=O) groups excluding carboxylic acids is 3. The van der Waals surface area contributed by atoms with Gasteiger partial charge < -0.3 is 20.1 Å². The molecule has 0 unspecified atom stereocenters. The van der Waals surface area contributed by atoms with Crippen molar-refractivity contribution in [2.24, 2.45) is 29.6 Å². The number of nitrogens with zero attached hydrogens (tertiary/aromatic N) is 4. The van der Waals surface area contributed by atoms with Crippen molar-refractivity contribution < 1.29 is 24.2 Å². The maximum atomic E-state index is 13.8. The smallest absolute Gasteiger partial charge is 0.310 e. The zero-order valence-corrected chi connectivity index (χ0v) is 20.5. The first-order valence-electron chi connectivity index (χ1n) is 12.1. The molecule has 2 aliphatic rings. The lowest BCUT2D eigenvalue weighted by Gasteiger charge is -2.35. The Labute approximate surface area is 204 Å². The number of ether oxygens (including phenoxy) is 1. The van der Waals surface area contributed by atoms with E-state index in [1.165, 1.54) is 4.90 Å². The minimum Gasteiger partial charge on any atom is -0.466 e. The van der Waals surface area contributed by atoms with Crippen LogP contribution in [0.25, 0.3) is 11.0 Å². The van der Waals surface area contributed by atoms with E-state index in [0.29, 0.717) is 5.52 Å². The zero-order chi connectivity index (χ0) is 25.3. The van der Waals surface area contributed by atoms with E-state index >= 15 is 0 Å². The van der Waals surface area contributed by atoms with Gasteiger partial charge in [0, 0.05) is 5.92 Å². The van der Waals surface area contributed by atoms with Crippen LogP contribution in [-0.4, -0.2) is 68.1 Å². The molecular weight excluding hydrogens is 450 g/mol. The second-order valence-electron chi connectivity index (χ2n) is 9.59. The third-order valence-electron chi connectivity index (χ3n) is 7.17. The van der Waals surface area contributed by atoms with Gasteiger partial charge in [-0.15, -0.1) is 5.10 Å². The van der Waals surface area contributed by atoms with Crippen LogP contribution in [0.1, 0.15) is 27.7 Å². The third-order valence-corrected chi connectivity index (χ3v) is 7.17. The monoisotopic (exact) mass is 483 g/mol. The van der Waals surface area contributed by atoms with Gasteiger partial charge in [0.05, 0.1) is 36.6 Å². The van der Waals surface area contributed by atoms with Gasteiger partial charge >= 0.3 is 5.97 Å². The summed E-state index contributed by atoms with van der Waals surface area (Å²) in [5.74, 6) is -3.36. The molecule has 188 valence electrons. The lowest BCUT2D eigenvalue weighted by molar-refractivity contribution is -0.156. The minimum atomic E-state index is -0.873. The van der Waals surface area contributed by atoms with Crippen LogP contribution in [0.5, 0.6) is 0 Å². The van der Waals surface area contributed by atoms with E-state index in [4.69, 9.17) is 4.74 Å². The Morgan fingerprint density at radius 2 is 1.97 bits per heavy atom. The number of fused-ring (bicyclic) bond motifs is 2. The molecule has 0 saturated carbocycles. The van der Waals surface area contributed by atoms with Gasteiger partial charge in [-0.3, -0.25) is 14.4 Å². The summed E-state index contributed by atoms with van der Waals surface area (Å²) < 4.78 is 6.88. The van der Waals surface area contributed by atoms with E-state index in [9.17, 15) is 19.5 Å². The molecule has 2 amide bonds. The molecule has 4 rings (SSSR count). The Morgan fingerprint density at radius 1 is 1.23 bits per heavy atom. The first-order valence-corrected chi connectivity index (χ1v) is 12.1. The molecule has 1 aromatic carbocycles. The number of benzene rings is 1. The summed E-state index contributed by atoms with van der Waals surface area (Å²) >= 11 is 0. The van der Waals surface area contributed by atoms with Gasteiger partial charge in [0.15, 0.2) is 0 Å². The van der Waals surface area contributed by atoms with Crippen LogP contribution in [0.4, 0.5) is 0 Å². The summed E-state index contributed by atoms with van der Waals surface area (Å²) in [7, 11) is 0. The molecule has 10 nitrogen and oxygen atoms in total. The van der Waals surface area contributed by atoms with Crippen LogP contribution < -0.4 is 5.32 Å². The predicted molar refractivity (Wildman–Crippen MR) is 127 cm³/mol. The van der Waals surface area contributed by atoms with E-state index in [0.717, 1.165) is 5.52 Å². The molecule has 2 heterocycles. The summed E-state index contributed by atoms with van der Waals surface area (Å²) in [5, 5.41) is 21.3. The number of aliphatic hydroxyl groups is 1. The molecule has 1 aliphatic heterocycles. The molecule has 1 aromatic heterocycles. The Hall–Kier alpha value is -3.27. The highest BCUT2D eigenvalue weighted by Crippen LogP contribution is 2.45. The highest BCUT2D eigenvalue weighted by atomic mass is 16.5. The van der Waals surface area contributed by atoms with Gasteiger partial charge in [-0.1, -0.05) is 50.3 Å². The topological polar surface area (TPSA) is 127 Å². The lowest BCUT2D eigenvalue weighted by Crippen LogP contribution is -2.54. The Balaban J connectivity index is 1.66. The molecule has 10 heteroatoms. The van der Waals surface area contributed by atoms with Gasteiger partial charge in [-0.25, -0.2) is 4.68 Å². The Bertz CT molecular complexity index is 1130. The summed E-state index contributed by atoms with van der Waals surface area (Å²) in [5.41, 5.74) is 1.48. The van der Waals surface area contributed by atoms with Crippen molar-refractivity contribution in [2.75, 3.05) is 13.2 Å². The van der Waals surface area contributed by atoms with Crippen LogP contribution >= 0.6 is 0 Å². The summed E-state index contributed by atoms with van der Waals surface area (Å²) in [6.07, 6.45) is 3.75. The highest BCUT2D eigenvalue weighted by molar-refractivity contribution is 5.96. The van der Waals surface area contributed by atoms with Gasteiger partial charge in [0.25, 0.3) is 0 Å². The summed E-state index contributed by atoms with van der Waals surface area (Å²) in [4.78, 5) is 41.8. The van der Waals surface area contributed by atoms with Gasteiger partial charge in [-0.05, 0) is 30.9 Å². The van der Waals surface area contributed by atoms with Crippen LogP contribution in [0.15, 0.2) is 36.4 Å². The Kier molecular flexibility index (Phi) is 7.20. The van der Waals surface area contributed by atoms with E-state index in [1.807, 2.05) is 57.2 Å². The van der Waals surface area contributed by atoms with Crippen LogP contribution in [0.2, 0.25) is 0 Å². The fourth-order valence-corrected chi connectivity index (χ4v) is 5.41. The number of aromatic nitrogens is 3. The van der Waals surface area contributed by atoms with Gasteiger partial charge in [-0.2, -0.15) is 0 Å². The first kappa shape index (κ1) is 24.8. The second-order valence-corrected chi connectivity index (χ2v) is 9.59. The van der Waals surface area contributed by atoms with E-state index in [2.05, 4.69) is 15.6 Å². The maximum absolute atomic E-state index is 13.8. The second kappa shape index (κ2) is 10.2. The van der Waals surface area contributed by atoms with Crippen molar-refractivity contribution in [1.82, 2.24) is 25.2 Å². The normalized spacial score (nSPS) is 26.7. The largest absolute Gasteiger partial charge is 0.466 e. The Morgan fingerprint density at radius 3 is 2.66 bits per heavy atom. The quantitative estimate of drug-likeness (QED) is 0.429. The van der Waals surface area contributed by atoms with E-state index in [-0.39, 0.29) is 43.5 Å². The highest BCUT2D eigenvalue weighted by Gasteiger charge is 2.58. The van der Waals surface area contributed by atoms with E-state index in [1.54, 1.807) is 11.6 Å². The molecule has 1 saturated heterocycles. The molecule has 2 aromatic rings. The molecule has 35 heavy (non-hydrogen) atoms. The van der Waals surface area contributed by atoms with Crippen molar-refractivity contribution >= 4 is 28.8 Å². The first-order chi connectivity index (χ1) is 16.8. The molecule has 6 atom stereocenters. The van der Waals surface area contributed by atoms with Crippen molar-refractivity contribution in [3.63, 3.8) is 0 Å². The van der Waals surface area contributed by atoms with Crippen molar-refractivity contribution in [3.05, 3.63) is 36.4 Å². The zero-order valence-electron chi connectivity index (χ0n) is 20.5. The van der Waals surface area contributed by atoms with Crippen molar-refractivity contribution in [3.8, 4) is 0 Å². The number of hydrogen-bond donors (Lipinski definition) is 2. The van der Waals surface area contributed by atoms with Crippen LogP contribution in [0.3, 0.4) is 0 Å². The van der Waals surface area contributed by atoms with Crippen LogP contribution in [0, 0.1) is 29.6 Å². The lowest BCUT2D eigenvalue weighted by atomic mass is 9.70. The van der Waals surface area contributed by atoms with E-state index < -0.39 is 35.8 Å². The average molecular weight is 484 g/mol. The number of rotatable bonds is 8. The number of hydrogen-bond acceptors (Lipinski definition) is 7. The molecule has 2 N–H and O–H groups in total. The SMILES string of the molecule is CCOC(=O)[C@H]1[C@H]2C(=O)N([C@@H](CO)C(C)C)[C@H](C(=O)NCn3nnc4ccccc43)[C@H]2C=C[C@H]1C. The van der Waals surface area contributed by atoms with Crippen molar-refractivity contribution in [2.45, 2.75) is 46.4 Å². The molecule has 0 bridgehead atoms. The number of amides is 2. The molecule has 0 spiro atoms. The van der Waals surface area contributed by atoms with Gasteiger partial charge in [0.2, 0.25) is 11.8 Å². The number of nitrogens with one attached hydrogen (secondary N) is 1. The minimum absolute atomic E-state index is 0.0716. The van der Waals surface area contributed by atoms with Gasteiger partial charge in [0.1, 0.15) is 18.2 Å². The number of allylic oxidation sites excluding steroid dienone is 1. The number of para-hydroxylation sites is 1. The number of carbonyl (C=O) groups is 3. The summed E-state index contributed by atoms with van der Waals surface area (Å²) in [6, 6.07) is 5.98. The number of likely N-dealkylation sites (tertiary alicyclic amines) is 1. The van der Waals surface area contributed by atoms with Crippen LogP contribution in [-0.2, 0) is 25.8 Å². The summed E-state index contributed by atoms with van der Waals surface area (Å²) in [6.45, 7) is 7.39. The molecular formula is C25H33N5O5. The maximum Gasteiger partial charge on any atom is 0.310 e. The number of esters is 1.